The van der Waals surface area contributed by atoms with E-state index in [2.05, 4.69) is 0 Å². The van der Waals surface area contributed by atoms with Gasteiger partial charge in [0.05, 0.1) is 17.1 Å². The fourth-order valence-corrected chi connectivity index (χ4v) is 1.20. The summed E-state index contributed by atoms with van der Waals surface area (Å²) in [5.74, 6) is 0. The van der Waals surface area contributed by atoms with E-state index in [9.17, 15) is 14.9 Å². The molecule has 0 fully saturated rings. The molecule has 0 amide bonds. The fourth-order valence-electron chi connectivity index (χ4n) is 1.20. The number of rotatable bonds is 5. The lowest BCUT2D eigenvalue weighted by molar-refractivity contribution is -0.385. The van der Waals surface area contributed by atoms with Crippen molar-refractivity contribution in [3.63, 3.8) is 0 Å². The number of nitro groups is 1. The Morgan fingerprint density at radius 3 is 2.81 bits per heavy atom. The summed E-state index contributed by atoms with van der Waals surface area (Å²) in [4.78, 5) is 20.6. The molecule has 5 heteroatoms. The second-order valence-corrected chi connectivity index (χ2v) is 3.05. The van der Waals surface area contributed by atoms with E-state index < -0.39 is 4.92 Å². The lowest BCUT2D eigenvalue weighted by Gasteiger charge is -1.97. The molecule has 0 unspecified atom stereocenters. The van der Waals surface area contributed by atoms with E-state index in [1.807, 2.05) is 0 Å². The van der Waals surface area contributed by atoms with E-state index in [0.29, 0.717) is 18.5 Å². The second kappa shape index (κ2) is 5.77. The van der Waals surface area contributed by atoms with Gasteiger partial charge in [0.2, 0.25) is 0 Å². The zero-order chi connectivity index (χ0) is 12.0. The van der Waals surface area contributed by atoms with Crippen LogP contribution in [0.15, 0.2) is 24.3 Å². The van der Waals surface area contributed by atoms with Gasteiger partial charge in [0.25, 0.3) is 5.69 Å². The first-order chi connectivity index (χ1) is 7.69. The Labute approximate surface area is 92.5 Å². The number of ether oxygens (including phenoxy) is 1. The second-order valence-electron chi connectivity index (χ2n) is 3.05. The highest BCUT2D eigenvalue weighted by Gasteiger charge is 2.12. The van der Waals surface area contributed by atoms with Crippen LogP contribution in [0, 0.1) is 10.1 Å². The number of nitro benzene ring substituents is 1. The quantitative estimate of drug-likeness (QED) is 0.433. The minimum Gasteiger partial charge on any atom is -0.381 e. The molecule has 0 aromatic heterocycles. The molecule has 1 aromatic carbocycles. The van der Waals surface area contributed by atoms with E-state index >= 15 is 0 Å². The van der Waals surface area contributed by atoms with Crippen molar-refractivity contribution in [2.24, 2.45) is 0 Å². The number of carbonyl (C=O) groups excluding carboxylic acids is 1. The maximum Gasteiger partial charge on any atom is 0.280 e. The monoisotopic (exact) mass is 221 g/mol. The van der Waals surface area contributed by atoms with Crippen molar-refractivity contribution >= 4 is 18.0 Å². The third kappa shape index (κ3) is 2.99. The molecule has 0 aliphatic rings. The molecule has 1 aromatic rings. The third-order valence-electron chi connectivity index (χ3n) is 1.95. The first-order valence-corrected chi connectivity index (χ1v) is 4.58. The molecule has 0 N–H and O–H groups in total. The summed E-state index contributed by atoms with van der Waals surface area (Å²) < 4.78 is 4.81. The van der Waals surface area contributed by atoms with Crippen LogP contribution in [0.2, 0.25) is 0 Å². The van der Waals surface area contributed by atoms with Crippen molar-refractivity contribution in [2.45, 2.75) is 0 Å². The lowest BCUT2D eigenvalue weighted by atomic mass is 10.1. The number of carbonyl (C=O) groups is 1. The molecule has 16 heavy (non-hydrogen) atoms. The van der Waals surface area contributed by atoms with E-state index in [1.165, 1.54) is 12.1 Å². The smallest absolute Gasteiger partial charge is 0.280 e. The average Bonchev–Trinajstić information content (AvgIpc) is 2.29. The summed E-state index contributed by atoms with van der Waals surface area (Å²) in [6.45, 7) is 0.434. The minimum absolute atomic E-state index is 0.0777. The van der Waals surface area contributed by atoms with Crippen LogP contribution in [0.3, 0.4) is 0 Å². The zero-order valence-corrected chi connectivity index (χ0v) is 8.75. The first-order valence-electron chi connectivity index (χ1n) is 4.58. The van der Waals surface area contributed by atoms with Crippen molar-refractivity contribution in [3.05, 3.63) is 45.5 Å². The highest BCUT2D eigenvalue weighted by molar-refractivity contribution is 5.82. The molecule has 84 valence electrons. The molecule has 0 saturated carbocycles. The van der Waals surface area contributed by atoms with Crippen LogP contribution in [0.5, 0.6) is 0 Å². The summed E-state index contributed by atoms with van der Waals surface area (Å²) in [5, 5.41) is 10.7. The van der Waals surface area contributed by atoms with Crippen molar-refractivity contribution < 1.29 is 14.5 Å². The Bertz CT molecular complexity index is 426. The number of hydrogen-bond donors (Lipinski definition) is 0. The van der Waals surface area contributed by atoms with Crippen LogP contribution in [0.4, 0.5) is 5.69 Å². The van der Waals surface area contributed by atoms with Crippen molar-refractivity contribution in [1.82, 2.24) is 0 Å². The molecule has 0 radical (unpaired) electrons. The number of nitrogens with zero attached hydrogens (tertiary/aromatic N) is 1. The van der Waals surface area contributed by atoms with E-state index in [1.54, 1.807) is 25.3 Å². The fraction of sp³-hybridized carbons (Fsp3) is 0.182. The molecule has 1 rings (SSSR count). The van der Waals surface area contributed by atoms with Crippen LogP contribution < -0.4 is 0 Å². The van der Waals surface area contributed by atoms with Gasteiger partial charge in [0.15, 0.2) is 6.29 Å². The molecule has 0 saturated heterocycles. The van der Waals surface area contributed by atoms with Crippen molar-refractivity contribution in [2.75, 3.05) is 13.7 Å². The zero-order valence-electron chi connectivity index (χ0n) is 8.75. The number of benzene rings is 1. The van der Waals surface area contributed by atoms with E-state index in [4.69, 9.17) is 4.74 Å². The molecule has 0 atom stereocenters. The predicted octanol–water partition coefficient (Wildman–Crippen LogP) is 2.07. The molecule has 0 aliphatic carbocycles. The van der Waals surface area contributed by atoms with Gasteiger partial charge >= 0.3 is 0 Å². The standard InChI is InChI=1S/C11H11NO4/c1-16-6-2-3-9-4-5-10(8-13)11(7-9)12(14)15/h2-5,7-8H,6H2,1H3/b3-2+. The summed E-state index contributed by atoms with van der Waals surface area (Å²) in [6, 6.07) is 4.43. The largest absolute Gasteiger partial charge is 0.381 e. The maximum absolute atomic E-state index is 10.7. The number of methoxy groups -OCH3 is 1. The van der Waals surface area contributed by atoms with Crippen LogP contribution in [-0.2, 0) is 4.74 Å². The predicted molar refractivity (Wildman–Crippen MR) is 59.4 cm³/mol. The van der Waals surface area contributed by atoms with Crippen LogP contribution in [0.25, 0.3) is 6.08 Å². The summed E-state index contributed by atoms with van der Waals surface area (Å²) in [5.41, 5.74) is 0.554. The maximum atomic E-state index is 10.7. The summed E-state index contributed by atoms with van der Waals surface area (Å²) in [6.07, 6.45) is 3.91. The molecule has 0 bridgehead atoms. The molecular weight excluding hydrogens is 210 g/mol. The highest BCUT2D eigenvalue weighted by atomic mass is 16.6. The van der Waals surface area contributed by atoms with E-state index in [-0.39, 0.29) is 11.3 Å². The Kier molecular flexibility index (Phi) is 4.35. The molecule has 0 aliphatic heterocycles. The van der Waals surface area contributed by atoms with Gasteiger partial charge in [-0.3, -0.25) is 14.9 Å². The van der Waals surface area contributed by atoms with Gasteiger partial charge in [0.1, 0.15) is 0 Å². The summed E-state index contributed by atoms with van der Waals surface area (Å²) >= 11 is 0. The van der Waals surface area contributed by atoms with E-state index in [0.717, 1.165) is 0 Å². The van der Waals surface area contributed by atoms with Crippen molar-refractivity contribution in [3.8, 4) is 0 Å². The average molecular weight is 221 g/mol. The highest BCUT2D eigenvalue weighted by Crippen LogP contribution is 2.19. The Morgan fingerprint density at radius 1 is 1.50 bits per heavy atom. The minimum atomic E-state index is -0.572. The van der Waals surface area contributed by atoms with Gasteiger partial charge < -0.3 is 4.74 Å². The topological polar surface area (TPSA) is 69.4 Å². The SMILES string of the molecule is COC/C=C/c1ccc(C=O)c([N+](=O)[O-])c1. The Hall–Kier alpha value is -2.01. The van der Waals surface area contributed by atoms with Gasteiger partial charge in [-0.2, -0.15) is 0 Å². The Morgan fingerprint density at radius 2 is 2.25 bits per heavy atom. The molecule has 5 nitrogen and oxygen atoms in total. The van der Waals surface area contributed by atoms with Crippen LogP contribution in [-0.4, -0.2) is 24.9 Å². The first kappa shape index (κ1) is 12.1. The van der Waals surface area contributed by atoms with Gasteiger partial charge in [-0.1, -0.05) is 18.2 Å². The van der Waals surface area contributed by atoms with Gasteiger partial charge in [0, 0.05) is 13.2 Å². The number of aldehydes is 1. The lowest BCUT2D eigenvalue weighted by Crippen LogP contribution is -1.94. The summed E-state index contributed by atoms with van der Waals surface area (Å²) in [7, 11) is 1.56. The van der Waals surface area contributed by atoms with Gasteiger partial charge in [-0.05, 0) is 11.6 Å². The molecule has 0 heterocycles. The van der Waals surface area contributed by atoms with Crippen LogP contribution in [0.1, 0.15) is 15.9 Å². The van der Waals surface area contributed by atoms with Crippen molar-refractivity contribution in [1.29, 1.82) is 0 Å². The molecule has 0 spiro atoms. The van der Waals surface area contributed by atoms with Crippen LogP contribution >= 0.6 is 0 Å². The van der Waals surface area contributed by atoms with Gasteiger partial charge in [-0.15, -0.1) is 0 Å². The Balaban J connectivity index is 3.02. The number of hydrogen-bond acceptors (Lipinski definition) is 4. The third-order valence-corrected chi connectivity index (χ3v) is 1.95. The molecular formula is C11H11NO4. The van der Waals surface area contributed by atoms with Gasteiger partial charge in [-0.25, -0.2) is 0 Å². The normalized spacial score (nSPS) is 10.6.